The van der Waals surface area contributed by atoms with Crippen molar-refractivity contribution in [1.29, 1.82) is 0 Å². The molecule has 0 N–H and O–H groups in total. The Labute approximate surface area is 113 Å². The Balaban J connectivity index is 2.26. The van der Waals surface area contributed by atoms with Crippen molar-refractivity contribution in [3.8, 4) is 0 Å². The Morgan fingerprint density at radius 3 is 2.62 bits per heavy atom. The van der Waals surface area contributed by atoms with Crippen LogP contribution in [-0.4, -0.2) is 33.6 Å². The largest absolute Gasteiger partial charge is 0.353 e. The SMILES string of the molecule is CC1CN(c2ncnc(Cl)c2Br)CC(C)S1. The lowest BCUT2D eigenvalue weighted by atomic mass is 10.3. The molecule has 0 aromatic carbocycles. The number of hydrogen-bond donors (Lipinski definition) is 0. The summed E-state index contributed by atoms with van der Waals surface area (Å²) >= 11 is 11.4. The van der Waals surface area contributed by atoms with E-state index in [0.717, 1.165) is 23.4 Å². The van der Waals surface area contributed by atoms with Gasteiger partial charge in [0, 0.05) is 23.6 Å². The quantitative estimate of drug-likeness (QED) is 0.742. The molecule has 1 aromatic heterocycles. The van der Waals surface area contributed by atoms with Gasteiger partial charge in [0.05, 0.1) is 4.47 Å². The van der Waals surface area contributed by atoms with E-state index in [4.69, 9.17) is 11.6 Å². The van der Waals surface area contributed by atoms with E-state index in [0.29, 0.717) is 15.7 Å². The number of nitrogens with zero attached hydrogens (tertiary/aromatic N) is 3. The average Bonchev–Trinajstić information content (AvgIpc) is 2.20. The smallest absolute Gasteiger partial charge is 0.148 e. The van der Waals surface area contributed by atoms with Gasteiger partial charge in [0.25, 0.3) is 0 Å². The number of aromatic nitrogens is 2. The van der Waals surface area contributed by atoms with Crippen molar-refractivity contribution in [2.75, 3.05) is 18.0 Å². The molecule has 1 aromatic rings. The molecule has 16 heavy (non-hydrogen) atoms. The first-order chi connectivity index (χ1) is 7.58. The maximum absolute atomic E-state index is 5.98. The second-order valence-electron chi connectivity index (χ2n) is 3.96. The molecule has 0 amide bonds. The maximum atomic E-state index is 5.98. The highest BCUT2D eigenvalue weighted by molar-refractivity contribution is 9.10. The van der Waals surface area contributed by atoms with E-state index in [1.54, 1.807) is 0 Å². The molecule has 0 aliphatic carbocycles. The van der Waals surface area contributed by atoms with Crippen molar-refractivity contribution >= 4 is 45.1 Å². The van der Waals surface area contributed by atoms with E-state index in [-0.39, 0.29) is 0 Å². The van der Waals surface area contributed by atoms with Gasteiger partial charge in [0.2, 0.25) is 0 Å². The van der Waals surface area contributed by atoms with Crippen LogP contribution in [0.4, 0.5) is 5.82 Å². The Morgan fingerprint density at radius 1 is 1.38 bits per heavy atom. The average molecular weight is 323 g/mol. The molecule has 1 fully saturated rings. The highest BCUT2D eigenvalue weighted by atomic mass is 79.9. The molecule has 2 rings (SSSR count). The normalized spacial score (nSPS) is 25.9. The van der Waals surface area contributed by atoms with Crippen molar-refractivity contribution in [3.63, 3.8) is 0 Å². The van der Waals surface area contributed by atoms with Crippen LogP contribution in [0.15, 0.2) is 10.8 Å². The van der Waals surface area contributed by atoms with Crippen molar-refractivity contribution in [2.24, 2.45) is 0 Å². The predicted molar refractivity (Wildman–Crippen MR) is 73.5 cm³/mol. The van der Waals surface area contributed by atoms with Crippen molar-refractivity contribution in [1.82, 2.24) is 9.97 Å². The van der Waals surface area contributed by atoms with Crippen LogP contribution in [0.5, 0.6) is 0 Å². The van der Waals surface area contributed by atoms with Crippen molar-refractivity contribution in [3.05, 3.63) is 16.0 Å². The minimum absolute atomic E-state index is 0.475. The molecule has 0 saturated carbocycles. The van der Waals surface area contributed by atoms with E-state index in [1.165, 1.54) is 6.33 Å². The summed E-state index contributed by atoms with van der Waals surface area (Å²) in [6.07, 6.45) is 1.51. The van der Waals surface area contributed by atoms with Crippen LogP contribution in [0, 0.1) is 0 Å². The summed E-state index contributed by atoms with van der Waals surface area (Å²) in [6, 6.07) is 0. The maximum Gasteiger partial charge on any atom is 0.148 e. The third-order valence-electron chi connectivity index (χ3n) is 2.45. The lowest BCUT2D eigenvalue weighted by molar-refractivity contribution is 0.715. The van der Waals surface area contributed by atoms with Crippen LogP contribution in [0.25, 0.3) is 0 Å². The molecule has 2 heterocycles. The molecule has 6 heteroatoms. The van der Waals surface area contributed by atoms with Gasteiger partial charge in [0.15, 0.2) is 0 Å². The van der Waals surface area contributed by atoms with E-state index in [1.807, 2.05) is 11.8 Å². The van der Waals surface area contributed by atoms with E-state index < -0.39 is 0 Å². The first-order valence-electron chi connectivity index (χ1n) is 5.14. The molecule has 88 valence electrons. The van der Waals surface area contributed by atoms with Gasteiger partial charge >= 0.3 is 0 Å². The summed E-state index contributed by atoms with van der Waals surface area (Å²) in [4.78, 5) is 10.5. The van der Waals surface area contributed by atoms with Crippen molar-refractivity contribution < 1.29 is 0 Å². The Bertz CT molecular complexity index is 380. The minimum atomic E-state index is 0.475. The van der Waals surface area contributed by atoms with Crippen LogP contribution < -0.4 is 4.90 Å². The van der Waals surface area contributed by atoms with Crippen LogP contribution >= 0.6 is 39.3 Å². The fraction of sp³-hybridized carbons (Fsp3) is 0.600. The Kier molecular flexibility index (Phi) is 3.97. The Hall–Kier alpha value is -0.000000000000000222. The second-order valence-corrected chi connectivity index (χ2v) is 7.00. The third-order valence-corrected chi connectivity index (χ3v) is 4.92. The lowest BCUT2D eigenvalue weighted by Gasteiger charge is -2.35. The standard InChI is InChI=1S/C10H13BrClN3S/c1-6-3-15(4-7(2)16-6)10-8(11)9(12)13-5-14-10/h5-7H,3-4H2,1-2H3. The number of anilines is 1. The third kappa shape index (κ3) is 2.63. The first kappa shape index (κ1) is 12.5. The van der Waals surface area contributed by atoms with Crippen molar-refractivity contribution in [2.45, 2.75) is 24.3 Å². The summed E-state index contributed by atoms with van der Waals surface area (Å²) in [7, 11) is 0. The van der Waals surface area contributed by atoms with E-state index in [9.17, 15) is 0 Å². The predicted octanol–water partition coefficient (Wildman–Crippen LogP) is 3.22. The lowest BCUT2D eigenvalue weighted by Crippen LogP contribution is -2.41. The summed E-state index contributed by atoms with van der Waals surface area (Å²) in [5, 5.41) is 1.71. The van der Waals surface area contributed by atoms with E-state index in [2.05, 4.69) is 44.6 Å². The van der Waals surface area contributed by atoms with Gasteiger partial charge in [0.1, 0.15) is 17.3 Å². The van der Waals surface area contributed by atoms with Gasteiger partial charge < -0.3 is 4.90 Å². The van der Waals surface area contributed by atoms with Crippen LogP contribution in [-0.2, 0) is 0 Å². The van der Waals surface area contributed by atoms with Crippen LogP contribution in [0.1, 0.15) is 13.8 Å². The van der Waals surface area contributed by atoms with Gasteiger partial charge in [-0.15, -0.1) is 0 Å². The number of thioether (sulfide) groups is 1. The van der Waals surface area contributed by atoms with Crippen LogP contribution in [0.3, 0.4) is 0 Å². The molecule has 0 radical (unpaired) electrons. The highest BCUT2D eigenvalue weighted by Gasteiger charge is 2.25. The molecule has 1 aliphatic heterocycles. The summed E-state index contributed by atoms with van der Waals surface area (Å²) < 4.78 is 0.794. The van der Waals surface area contributed by atoms with Gasteiger partial charge in [-0.1, -0.05) is 25.4 Å². The number of halogens is 2. The fourth-order valence-corrected chi connectivity index (χ4v) is 3.82. The minimum Gasteiger partial charge on any atom is -0.353 e. The first-order valence-corrected chi connectivity index (χ1v) is 7.25. The number of hydrogen-bond acceptors (Lipinski definition) is 4. The molecule has 0 bridgehead atoms. The molecule has 1 aliphatic rings. The Morgan fingerprint density at radius 2 is 2.00 bits per heavy atom. The molecular weight excluding hydrogens is 310 g/mol. The summed E-state index contributed by atoms with van der Waals surface area (Å²) in [5.41, 5.74) is 0. The van der Waals surface area contributed by atoms with Gasteiger partial charge in [-0.2, -0.15) is 11.8 Å². The number of rotatable bonds is 1. The molecule has 2 atom stereocenters. The van der Waals surface area contributed by atoms with Gasteiger partial charge in [-0.25, -0.2) is 9.97 Å². The summed E-state index contributed by atoms with van der Waals surface area (Å²) in [5.74, 6) is 0.902. The highest BCUT2D eigenvalue weighted by Crippen LogP contribution is 2.33. The van der Waals surface area contributed by atoms with Gasteiger partial charge in [-0.3, -0.25) is 0 Å². The zero-order valence-electron chi connectivity index (χ0n) is 9.15. The second kappa shape index (κ2) is 5.10. The zero-order valence-corrected chi connectivity index (χ0v) is 12.3. The van der Waals surface area contributed by atoms with Crippen LogP contribution in [0.2, 0.25) is 5.15 Å². The zero-order chi connectivity index (χ0) is 11.7. The molecule has 0 spiro atoms. The summed E-state index contributed by atoms with van der Waals surface area (Å²) in [6.45, 7) is 6.48. The molecule has 2 unspecified atom stereocenters. The van der Waals surface area contributed by atoms with Gasteiger partial charge in [-0.05, 0) is 15.9 Å². The molecular formula is C10H13BrClN3S. The molecule has 1 saturated heterocycles. The topological polar surface area (TPSA) is 29.0 Å². The monoisotopic (exact) mass is 321 g/mol. The molecule has 3 nitrogen and oxygen atoms in total. The van der Waals surface area contributed by atoms with E-state index >= 15 is 0 Å². The fourth-order valence-electron chi connectivity index (χ4n) is 1.91.